The largest absolute Gasteiger partial charge is 0.353 e. The maximum absolute atomic E-state index is 13.0. The Labute approximate surface area is 181 Å². The molecule has 4 saturated carbocycles. The Balaban J connectivity index is 1.20. The number of carbonyl (C=O) groups excluding carboxylic acids is 1. The molecule has 6 nitrogen and oxygen atoms in total. The van der Waals surface area contributed by atoms with Crippen molar-refractivity contribution in [2.24, 2.45) is 23.2 Å². The predicted octanol–water partition coefficient (Wildman–Crippen LogP) is 3.76. The van der Waals surface area contributed by atoms with Gasteiger partial charge in [0.15, 0.2) is 5.65 Å². The third-order valence-electron chi connectivity index (χ3n) is 8.44. The van der Waals surface area contributed by atoms with Crippen molar-refractivity contribution in [3.05, 3.63) is 47.0 Å². The molecule has 0 radical (unpaired) electrons. The standard InChI is InChI=1S/C25H30N4O2/c1-16(25-13-17-10-18(14-25)12-19(11-17)15-25)27-22(30)6-9-29-23-20(4-2-7-26-23)28-8-3-5-21(28)24(29)31/h2-5,7-8,16-19H,6,9-15H2,1H3,(H,27,30). The molecular formula is C25H30N4O2. The van der Waals surface area contributed by atoms with Gasteiger partial charge in [0, 0.05) is 31.4 Å². The zero-order chi connectivity index (χ0) is 21.2. The highest BCUT2D eigenvalue weighted by Gasteiger charge is 2.53. The average Bonchev–Trinajstić information content (AvgIpc) is 3.23. The van der Waals surface area contributed by atoms with E-state index in [0.717, 1.165) is 23.3 Å². The molecule has 4 fully saturated rings. The summed E-state index contributed by atoms with van der Waals surface area (Å²) in [5.74, 6) is 2.65. The first-order valence-electron chi connectivity index (χ1n) is 11.8. The van der Waals surface area contributed by atoms with Gasteiger partial charge in [0.05, 0.1) is 5.52 Å². The normalized spacial score (nSPS) is 30.2. The van der Waals surface area contributed by atoms with Gasteiger partial charge in [-0.15, -0.1) is 0 Å². The van der Waals surface area contributed by atoms with Gasteiger partial charge in [0.1, 0.15) is 5.52 Å². The van der Waals surface area contributed by atoms with Crippen LogP contribution < -0.4 is 10.9 Å². The minimum Gasteiger partial charge on any atom is -0.353 e. The molecule has 3 aromatic heterocycles. The van der Waals surface area contributed by atoms with Crippen molar-refractivity contribution in [3.63, 3.8) is 0 Å². The number of hydrogen-bond acceptors (Lipinski definition) is 3. The number of nitrogens with zero attached hydrogens (tertiary/aromatic N) is 3. The minimum atomic E-state index is -0.0990. The van der Waals surface area contributed by atoms with Gasteiger partial charge in [0.2, 0.25) is 5.91 Å². The zero-order valence-corrected chi connectivity index (χ0v) is 18.1. The van der Waals surface area contributed by atoms with Gasteiger partial charge in [-0.05, 0) is 92.9 Å². The van der Waals surface area contributed by atoms with E-state index in [1.165, 1.54) is 38.5 Å². The topological polar surface area (TPSA) is 68.4 Å². The number of aryl methyl sites for hydroxylation is 1. The van der Waals surface area contributed by atoms with Crippen molar-refractivity contribution < 1.29 is 4.79 Å². The third-order valence-corrected chi connectivity index (χ3v) is 8.44. The van der Waals surface area contributed by atoms with Gasteiger partial charge >= 0.3 is 0 Å². The summed E-state index contributed by atoms with van der Waals surface area (Å²) in [4.78, 5) is 30.4. The summed E-state index contributed by atoms with van der Waals surface area (Å²) in [7, 11) is 0. The van der Waals surface area contributed by atoms with E-state index in [1.54, 1.807) is 10.8 Å². The van der Waals surface area contributed by atoms with Gasteiger partial charge in [-0.2, -0.15) is 0 Å². The fourth-order valence-electron chi connectivity index (χ4n) is 7.38. The quantitative estimate of drug-likeness (QED) is 0.686. The molecule has 3 aromatic rings. The van der Waals surface area contributed by atoms with Crippen molar-refractivity contribution in [3.8, 4) is 0 Å². The van der Waals surface area contributed by atoms with Crippen LogP contribution in [-0.4, -0.2) is 25.9 Å². The molecule has 1 atom stereocenters. The number of hydrogen-bond donors (Lipinski definition) is 1. The molecule has 4 aliphatic carbocycles. The molecule has 1 N–H and O–H groups in total. The molecule has 0 aliphatic heterocycles. The predicted molar refractivity (Wildman–Crippen MR) is 120 cm³/mol. The minimum absolute atomic E-state index is 0.0366. The van der Waals surface area contributed by atoms with Gasteiger partial charge in [-0.1, -0.05) is 0 Å². The number of fused-ring (bicyclic) bond motifs is 3. The molecule has 0 aromatic carbocycles. The van der Waals surface area contributed by atoms with Crippen LogP contribution in [0.1, 0.15) is 51.9 Å². The van der Waals surface area contributed by atoms with Crippen molar-refractivity contribution >= 4 is 22.6 Å². The fourth-order valence-corrected chi connectivity index (χ4v) is 7.38. The molecule has 1 unspecified atom stereocenters. The van der Waals surface area contributed by atoms with Crippen LogP contribution in [-0.2, 0) is 11.3 Å². The number of pyridine rings is 1. The van der Waals surface area contributed by atoms with Crippen LogP contribution >= 0.6 is 0 Å². The highest BCUT2D eigenvalue weighted by Crippen LogP contribution is 2.61. The SMILES string of the molecule is CC(NC(=O)CCn1c(=O)c2cccn2c2cccnc21)C12CC3CC(CC(C3)C1)C2. The molecular weight excluding hydrogens is 388 g/mol. The summed E-state index contributed by atoms with van der Waals surface area (Å²) >= 11 is 0. The summed E-state index contributed by atoms with van der Waals surface area (Å²) in [6, 6.07) is 7.72. The van der Waals surface area contributed by atoms with Crippen LogP contribution in [0.3, 0.4) is 0 Å². The Morgan fingerprint density at radius 2 is 1.81 bits per heavy atom. The molecule has 4 aliphatic rings. The van der Waals surface area contributed by atoms with E-state index in [1.807, 2.05) is 34.9 Å². The monoisotopic (exact) mass is 418 g/mol. The van der Waals surface area contributed by atoms with Gasteiger partial charge < -0.3 is 9.72 Å². The Bertz CT molecular complexity index is 1190. The van der Waals surface area contributed by atoms with E-state index in [2.05, 4.69) is 17.2 Å². The lowest BCUT2D eigenvalue weighted by atomic mass is 9.48. The molecule has 7 rings (SSSR count). The van der Waals surface area contributed by atoms with Crippen LogP contribution in [0.25, 0.3) is 16.7 Å². The number of aromatic nitrogens is 3. The highest BCUT2D eigenvalue weighted by molar-refractivity contribution is 5.77. The molecule has 0 spiro atoms. The van der Waals surface area contributed by atoms with Crippen molar-refractivity contribution in [1.82, 2.24) is 19.3 Å². The van der Waals surface area contributed by atoms with E-state index in [-0.39, 0.29) is 17.5 Å². The van der Waals surface area contributed by atoms with Crippen molar-refractivity contribution in [2.45, 2.75) is 64.5 Å². The van der Waals surface area contributed by atoms with Crippen LogP contribution in [0.5, 0.6) is 0 Å². The number of carbonyl (C=O) groups is 1. The Hall–Kier alpha value is -2.63. The second kappa shape index (κ2) is 6.94. The molecule has 6 heteroatoms. The van der Waals surface area contributed by atoms with Crippen LogP contribution in [0, 0.1) is 23.2 Å². The summed E-state index contributed by atoms with van der Waals surface area (Å²) in [5.41, 5.74) is 2.31. The lowest BCUT2D eigenvalue weighted by Crippen LogP contribution is -2.55. The van der Waals surface area contributed by atoms with Gasteiger partial charge in [0.25, 0.3) is 5.56 Å². The average molecular weight is 419 g/mol. The smallest absolute Gasteiger partial charge is 0.276 e. The summed E-state index contributed by atoms with van der Waals surface area (Å²) < 4.78 is 3.52. The Kier molecular flexibility index (Phi) is 4.27. The fraction of sp³-hybridized carbons (Fsp3) is 0.560. The second-order valence-corrected chi connectivity index (χ2v) is 10.4. The molecule has 0 saturated heterocycles. The second-order valence-electron chi connectivity index (χ2n) is 10.4. The Morgan fingerprint density at radius 3 is 2.52 bits per heavy atom. The van der Waals surface area contributed by atoms with E-state index in [0.29, 0.717) is 29.5 Å². The van der Waals surface area contributed by atoms with E-state index < -0.39 is 0 Å². The van der Waals surface area contributed by atoms with Crippen molar-refractivity contribution in [1.29, 1.82) is 0 Å². The Morgan fingerprint density at radius 1 is 1.13 bits per heavy atom. The third kappa shape index (κ3) is 3.02. The maximum Gasteiger partial charge on any atom is 0.276 e. The van der Waals surface area contributed by atoms with Gasteiger partial charge in [-0.3, -0.25) is 14.2 Å². The summed E-state index contributed by atoms with van der Waals surface area (Å²) in [6.45, 7) is 2.55. The number of nitrogens with one attached hydrogen (secondary N) is 1. The zero-order valence-electron chi connectivity index (χ0n) is 18.1. The highest BCUT2D eigenvalue weighted by atomic mass is 16.2. The molecule has 31 heavy (non-hydrogen) atoms. The molecule has 3 heterocycles. The molecule has 4 bridgehead atoms. The van der Waals surface area contributed by atoms with E-state index >= 15 is 0 Å². The summed E-state index contributed by atoms with van der Waals surface area (Å²) in [5, 5.41) is 3.33. The van der Waals surface area contributed by atoms with E-state index in [9.17, 15) is 9.59 Å². The first-order valence-corrected chi connectivity index (χ1v) is 11.8. The van der Waals surface area contributed by atoms with Gasteiger partial charge in [-0.25, -0.2) is 4.98 Å². The summed E-state index contributed by atoms with van der Waals surface area (Å²) in [6.07, 6.45) is 11.9. The van der Waals surface area contributed by atoms with Crippen LogP contribution in [0.15, 0.2) is 41.5 Å². The number of amides is 1. The first-order chi connectivity index (χ1) is 15.0. The molecule has 162 valence electrons. The van der Waals surface area contributed by atoms with Crippen LogP contribution in [0.2, 0.25) is 0 Å². The first kappa shape index (κ1) is 19.1. The molecule has 1 amide bonds. The number of rotatable bonds is 5. The maximum atomic E-state index is 13.0. The van der Waals surface area contributed by atoms with Crippen molar-refractivity contribution in [2.75, 3.05) is 0 Å². The lowest BCUT2D eigenvalue weighted by Gasteiger charge is -2.59. The van der Waals surface area contributed by atoms with Crippen LogP contribution in [0.4, 0.5) is 0 Å². The van der Waals surface area contributed by atoms with E-state index in [4.69, 9.17) is 0 Å². The lowest BCUT2D eigenvalue weighted by molar-refractivity contribution is -0.126.